The molecule has 0 saturated heterocycles. The van der Waals surface area contributed by atoms with Gasteiger partial charge in [0, 0.05) is 16.5 Å². The molecular formula is C15H20N4S2. The summed E-state index contributed by atoms with van der Waals surface area (Å²) in [5, 5.41) is 6.12. The lowest BCUT2D eigenvalue weighted by molar-refractivity contribution is 0.573. The quantitative estimate of drug-likeness (QED) is 0.842. The van der Waals surface area contributed by atoms with E-state index in [4.69, 9.17) is 18.0 Å². The molecule has 2 rings (SSSR count). The highest BCUT2D eigenvalue weighted by atomic mass is 32.1. The molecule has 0 bridgehead atoms. The standard InChI is InChI=1S/C15H20N4S2/c1-8-6-9(2)17-13(11(8)12(16)20)19-14-18-10(7-21-14)15(3,4)5/h6-7H,1-5H3,(H2,16,20)(H,17,18,19). The molecule has 112 valence electrons. The molecule has 0 aliphatic carbocycles. The number of nitrogens with one attached hydrogen (secondary N) is 1. The zero-order valence-electron chi connectivity index (χ0n) is 12.9. The fourth-order valence-electron chi connectivity index (χ4n) is 2.02. The van der Waals surface area contributed by atoms with Crippen LogP contribution < -0.4 is 11.1 Å². The van der Waals surface area contributed by atoms with E-state index in [0.717, 1.165) is 27.6 Å². The summed E-state index contributed by atoms with van der Waals surface area (Å²) >= 11 is 6.70. The van der Waals surface area contributed by atoms with Crippen molar-refractivity contribution < 1.29 is 0 Å². The Labute approximate surface area is 134 Å². The van der Waals surface area contributed by atoms with Gasteiger partial charge in [0.1, 0.15) is 10.8 Å². The summed E-state index contributed by atoms with van der Waals surface area (Å²) in [4.78, 5) is 9.47. The van der Waals surface area contributed by atoms with Crippen molar-refractivity contribution in [1.29, 1.82) is 0 Å². The zero-order valence-corrected chi connectivity index (χ0v) is 14.6. The predicted molar refractivity (Wildman–Crippen MR) is 93.7 cm³/mol. The van der Waals surface area contributed by atoms with Gasteiger partial charge in [0.15, 0.2) is 5.13 Å². The predicted octanol–water partition coefficient (Wildman–Crippen LogP) is 3.83. The second kappa shape index (κ2) is 5.69. The largest absolute Gasteiger partial charge is 0.389 e. The number of rotatable bonds is 3. The summed E-state index contributed by atoms with van der Waals surface area (Å²) < 4.78 is 0. The van der Waals surface area contributed by atoms with E-state index in [1.54, 1.807) is 11.3 Å². The summed E-state index contributed by atoms with van der Waals surface area (Å²) in [6.45, 7) is 10.4. The molecule has 0 amide bonds. The van der Waals surface area contributed by atoms with Crippen LogP contribution in [0.25, 0.3) is 0 Å². The molecule has 2 aromatic heterocycles. The van der Waals surface area contributed by atoms with Crippen LogP contribution in [0.15, 0.2) is 11.4 Å². The van der Waals surface area contributed by atoms with Crippen LogP contribution >= 0.6 is 23.6 Å². The van der Waals surface area contributed by atoms with Crippen LogP contribution in [0.4, 0.5) is 10.9 Å². The summed E-state index contributed by atoms with van der Waals surface area (Å²) in [5.74, 6) is 0.676. The van der Waals surface area contributed by atoms with E-state index in [1.165, 1.54) is 0 Å². The summed E-state index contributed by atoms with van der Waals surface area (Å²) in [7, 11) is 0. The molecule has 2 aromatic rings. The Hall–Kier alpha value is -1.53. The van der Waals surface area contributed by atoms with Gasteiger partial charge in [0.25, 0.3) is 0 Å². The maximum atomic E-state index is 5.83. The number of anilines is 2. The number of hydrogen-bond acceptors (Lipinski definition) is 5. The Balaban J connectivity index is 2.40. The van der Waals surface area contributed by atoms with Gasteiger partial charge in [0.2, 0.25) is 0 Å². The Kier molecular flexibility index (Phi) is 4.30. The molecule has 21 heavy (non-hydrogen) atoms. The maximum Gasteiger partial charge on any atom is 0.188 e. The van der Waals surface area contributed by atoms with Crippen molar-refractivity contribution in [2.24, 2.45) is 5.73 Å². The number of hydrogen-bond donors (Lipinski definition) is 2. The van der Waals surface area contributed by atoms with E-state index < -0.39 is 0 Å². The first kappa shape index (κ1) is 15.9. The van der Waals surface area contributed by atoms with E-state index in [1.807, 2.05) is 19.9 Å². The van der Waals surface area contributed by atoms with E-state index >= 15 is 0 Å². The van der Waals surface area contributed by atoms with Crippen molar-refractivity contribution in [3.8, 4) is 0 Å². The van der Waals surface area contributed by atoms with Crippen molar-refractivity contribution in [3.63, 3.8) is 0 Å². The fourth-order valence-corrected chi connectivity index (χ4v) is 3.21. The smallest absolute Gasteiger partial charge is 0.188 e. The third-order valence-electron chi connectivity index (χ3n) is 3.09. The van der Waals surface area contributed by atoms with Gasteiger partial charge in [-0.25, -0.2) is 9.97 Å². The highest BCUT2D eigenvalue weighted by Crippen LogP contribution is 2.29. The SMILES string of the molecule is Cc1cc(C)c(C(N)=S)c(Nc2nc(C(C)(C)C)cs2)n1. The molecule has 0 fully saturated rings. The van der Waals surface area contributed by atoms with Gasteiger partial charge in [-0.3, -0.25) is 0 Å². The lowest BCUT2D eigenvalue weighted by Crippen LogP contribution is -2.16. The number of aryl methyl sites for hydroxylation is 2. The minimum atomic E-state index is 0.0262. The minimum Gasteiger partial charge on any atom is -0.389 e. The van der Waals surface area contributed by atoms with E-state index in [-0.39, 0.29) is 5.41 Å². The van der Waals surface area contributed by atoms with Crippen LogP contribution in [-0.2, 0) is 5.41 Å². The molecule has 0 atom stereocenters. The number of thiocarbonyl (C=S) groups is 1. The second-order valence-electron chi connectivity index (χ2n) is 6.08. The molecule has 0 aliphatic heterocycles. The van der Waals surface area contributed by atoms with Crippen LogP contribution in [0, 0.1) is 13.8 Å². The molecule has 0 spiro atoms. The Morgan fingerprint density at radius 1 is 1.29 bits per heavy atom. The maximum absolute atomic E-state index is 5.83. The van der Waals surface area contributed by atoms with E-state index in [0.29, 0.717) is 10.8 Å². The number of pyridine rings is 1. The van der Waals surface area contributed by atoms with Gasteiger partial charge < -0.3 is 11.1 Å². The first-order chi connectivity index (χ1) is 9.68. The lowest BCUT2D eigenvalue weighted by Gasteiger charge is -2.15. The highest BCUT2D eigenvalue weighted by molar-refractivity contribution is 7.80. The molecule has 0 saturated carbocycles. The molecule has 0 aromatic carbocycles. The summed E-state index contributed by atoms with van der Waals surface area (Å²) in [5.41, 5.74) is 9.62. The molecule has 6 heteroatoms. The number of nitrogens with two attached hydrogens (primary N) is 1. The van der Waals surface area contributed by atoms with Crippen LogP contribution in [0.3, 0.4) is 0 Å². The first-order valence-corrected chi connectivity index (χ1v) is 7.98. The van der Waals surface area contributed by atoms with Crippen molar-refractivity contribution in [1.82, 2.24) is 9.97 Å². The van der Waals surface area contributed by atoms with Crippen molar-refractivity contribution in [2.45, 2.75) is 40.0 Å². The van der Waals surface area contributed by atoms with Gasteiger partial charge in [-0.15, -0.1) is 11.3 Å². The topological polar surface area (TPSA) is 63.8 Å². The molecule has 0 aliphatic rings. The molecule has 4 nitrogen and oxygen atoms in total. The Morgan fingerprint density at radius 3 is 2.48 bits per heavy atom. The van der Waals surface area contributed by atoms with Gasteiger partial charge in [-0.1, -0.05) is 33.0 Å². The fraction of sp³-hybridized carbons (Fsp3) is 0.400. The average molecular weight is 320 g/mol. The third kappa shape index (κ3) is 3.57. The van der Waals surface area contributed by atoms with Crippen LogP contribution in [0.5, 0.6) is 0 Å². The second-order valence-corrected chi connectivity index (χ2v) is 7.38. The van der Waals surface area contributed by atoms with Crippen molar-refractivity contribution >= 4 is 39.5 Å². The Morgan fingerprint density at radius 2 is 1.95 bits per heavy atom. The molecule has 2 heterocycles. The number of thiazole rings is 1. The van der Waals surface area contributed by atoms with Gasteiger partial charge in [0.05, 0.1) is 11.3 Å². The Bertz CT molecular complexity index is 683. The van der Waals surface area contributed by atoms with Gasteiger partial charge in [-0.05, 0) is 25.5 Å². The molecule has 0 unspecified atom stereocenters. The van der Waals surface area contributed by atoms with E-state index in [2.05, 4.69) is 41.4 Å². The van der Waals surface area contributed by atoms with Crippen molar-refractivity contribution in [3.05, 3.63) is 34.0 Å². The third-order valence-corrected chi connectivity index (χ3v) is 4.05. The monoisotopic (exact) mass is 320 g/mol. The molecular weight excluding hydrogens is 300 g/mol. The molecule has 0 radical (unpaired) electrons. The highest BCUT2D eigenvalue weighted by Gasteiger charge is 2.18. The normalized spacial score (nSPS) is 11.5. The lowest BCUT2D eigenvalue weighted by atomic mass is 9.93. The number of nitrogens with zero attached hydrogens (tertiary/aromatic N) is 2. The summed E-state index contributed by atoms with van der Waals surface area (Å²) in [6, 6.07) is 1.97. The minimum absolute atomic E-state index is 0.0262. The van der Waals surface area contributed by atoms with Crippen LogP contribution in [0.1, 0.15) is 43.3 Å². The van der Waals surface area contributed by atoms with Crippen molar-refractivity contribution in [2.75, 3.05) is 5.32 Å². The first-order valence-electron chi connectivity index (χ1n) is 6.69. The van der Waals surface area contributed by atoms with Crippen LogP contribution in [0.2, 0.25) is 0 Å². The van der Waals surface area contributed by atoms with E-state index in [9.17, 15) is 0 Å². The summed E-state index contributed by atoms with van der Waals surface area (Å²) in [6.07, 6.45) is 0. The molecule has 3 N–H and O–H groups in total. The average Bonchev–Trinajstić information content (AvgIpc) is 2.75. The number of aromatic nitrogens is 2. The van der Waals surface area contributed by atoms with Gasteiger partial charge >= 0.3 is 0 Å². The van der Waals surface area contributed by atoms with Gasteiger partial charge in [-0.2, -0.15) is 0 Å². The zero-order chi connectivity index (χ0) is 15.8. The van der Waals surface area contributed by atoms with Crippen LogP contribution in [-0.4, -0.2) is 15.0 Å².